The fourth-order valence-corrected chi connectivity index (χ4v) is 2.43. The minimum atomic E-state index is -0.482. The van der Waals surface area contributed by atoms with Crippen molar-refractivity contribution in [2.45, 2.75) is 31.8 Å². The topological polar surface area (TPSA) is 114 Å². The van der Waals surface area contributed by atoms with Gasteiger partial charge in [0.05, 0.1) is 11.0 Å². The molecule has 0 amide bonds. The molecule has 0 radical (unpaired) electrons. The fourth-order valence-electron chi connectivity index (χ4n) is 2.43. The highest BCUT2D eigenvalue weighted by Gasteiger charge is 2.22. The number of hydrogen-bond donors (Lipinski definition) is 3. The summed E-state index contributed by atoms with van der Waals surface area (Å²) < 4.78 is 0. The molecule has 104 valence electrons. The second kappa shape index (κ2) is 5.83. The average molecular weight is 266 g/mol. The number of nitrogen functional groups attached to an aromatic ring is 1. The Labute approximate surface area is 111 Å². The molecular weight excluding hydrogens is 248 g/mol. The zero-order valence-corrected chi connectivity index (χ0v) is 10.6. The van der Waals surface area contributed by atoms with Gasteiger partial charge in [-0.25, -0.2) is 4.98 Å². The first-order chi connectivity index (χ1) is 9.06. The van der Waals surface area contributed by atoms with Crippen LogP contribution in [0.5, 0.6) is 0 Å². The van der Waals surface area contributed by atoms with Gasteiger partial charge in [-0.3, -0.25) is 10.1 Å². The second-order valence-electron chi connectivity index (χ2n) is 4.93. The summed E-state index contributed by atoms with van der Waals surface area (Å²) in [5.41, 5.74) is 5.47. The van der Waals surface area contributed by atoms with Crippen LogP contribution in [0.15, 0.2) is 12.1 Å². The quantitative estimate of drug-likeness (QED) is 0.562. The van der Waals surface area contributed by atoms with Crippen LogP contribution in [0.3, 0.4) is 0 Å². The third kappa shape index (κ3) is 3.54. The predicted octanol–water partition coefficient (Wildman–Crippen LogP) is 1.53. The van der Waals surface area contributed by atoms with Gasteiger partial charge < -0.3 is 16.2 Å². The first kappa shape index (κ1) is 13.5. The Morgan fingerprint density at radius 1 is 1.53 bits per heavy atom. The van der Waals surface area contributed by atoms with Gasteiger partial charge in [0, 0.05) is 12.6 Å². The highest BCUT2D eigenvalue weighted by molar-refractivity contribution is 5.59. The van der Waals surface area contributed by atoms with Crippen molar-refractivity contribution in [3.8, 4) is 0 Å². The van der Waals surface area contributed by atoms with E-state index < -0.39 is 4.92 Å². The third-order valence-electron chi connectivity index (χ3n) is 3.41. The van der Waals surface area contributed by atoms with Crippen molar-refractivity contribution in [2.75, 3.05) is 17.6 Å². The Morgan fingerprint density at radius 3 is 3.00 bits per heavy atom. The van der Waals surface area contributed by atoms with Gasteiger partial charge in [0.2, 0.25) is 5.82 Å². The molecule has 7 heteroatoms. The van der Waals surface area contributed by atoms with E-state index in [1.165, 1.54) is 12.1 Å². The lowest BCUT2D eigenvalue weighted by Gasteiger charge is -2.26. The normalized spacial score (nSPS) is 23.0. The summed E-state index contributed by atoms with van der Waals surface area (Å²) in [5, 5.41) is 23.5. The SMILES string of the molecule is Nc1ccc([N+](=O)[O-])c(NCC2CCCC(O)C2)n1. The van der Waals surface area contributed by atoms with Crippen molar-refractivity contribution in [1.29, 1.82) is 0 Å². The number of nitrogens with zero attached hydrogens (tertiary/aromatic N) is 2. The summed E-state index contributed by atoms with van der Waals surface area (Å²) in [7, 11) is 0. The number of pyridine rings is 1. The van der Waals surface area contributed by atoms with E-state index >= 15 is 0 Å². The van der Waals surface area contributed by atoms with Gasteiger partial charge in [-0.2, -0.15) is 0 Å². The van der Waals surface area contributed by atoms with Gasteiger partial charge in [-0.15, -0.1) is 0 Å². The minimum Gasteiger partial charge on any atom is -0.393 e. The number of nitrogens with one attached hydrogen (secondary N) is 1. The number of anilines is 2. The Bertz CT molecular complexity index is 466. The molecule has 7 nitrogen and oxygen atoms in total. The van der Waals surface area contributed by atoms with Crippen LogP contribution in [0, 0.1) is 16.0 Å². The highest BCUT2D eigenvalue weighted by Crippen LogP contribution is 2.27. The van der Waals surface area contributed by atoms with Gasteiger partial charge in [-0.1, -0.05) is 6.42 Å². The fraction of sp³-hybridized carbons (Fsp3) is 0.583. The zero-order valence-electron chi connectivity index (χ0n) is 10.6. The minimum absolute atomic E-state index is 0.0782. The molecule has 0 aromatic carbocycles. The van der Waals surface area contributed by atoms with E-state index in [-0.39, 0.29) is 23.4 Å². The smallest absolute Gasteiger partial charge is 0.311 e. The molecule has 1 aliphatic carbocycles. The Hall–Kier alpha value is -1.89. The van der Waals surface area contributed by atoms with Crippen molar-refractivity contribution in [3.63, 3.8) is 0 Å². The van der Waals surface area contributed by atoms with Crippen LogP contribution in [-0.4, -0.2) is 27.7 Å². The van der Waals surface area contributed by atoms with Crippen molar-refractivity contribution < 1.29 is 10.0 Å². The lowest BCUT2D eigenvalue weighted by atomic mass is 9.87. The van der Waals surface area contributed by atoms with Crippen LogP contribution in [0.25, 0.3) is 0 Å². The predicted molar refractivity (Wildman–Crippen MR) is 71.8 cm³/mol. The molecule has 0 aliphatic heterocycles. The van der Waals surface area contributed by atoms with Gasteiger partial charge in [0.15, 0.2) is 0 Å². The molecule has 1 aromatic heterocycles. The van der Waals surface area contributed by atoms with E-state index in [1.54, 1.807) is 0 Å². The highest BCUT2D eigenvalue weighted by atomic mass is 16.6. The van der Waals surface area contributed by atoms with E-state index in [4.69, 9.17) is 5.73 Å². The molecule has 0 bridgehead atoms. The maximum absolute atomic E-state index is 10.9. The number of nitrogens with two attached hydrogens (primary N) is 1. The van der Waals surface area contributed by atoms with Gasteiger partial charge in [0.25, 0.3) is 0 Å². The second-order valence-corrected chi connectivity index (χ2v) is 4.93. The number of rotatable bonds is 4. The van der Waals surface area contributed by atoms with Gasteiger partial charge >= 0.3 is 5.69 Å². The van der Waals surface area contributed by atoms with Crippen molar-refractivity contribution >= 4 is 17.3 Å². The Morgan fingerprint density at radius 2 is 2.32 bits per heavy atom. The summed E-state index contributed by atoms with van der Waals surface area (Å²) in [6.07, 6.45) is 3.31. The first-order valence-corrected chi connectivity index (χ1v) is 6.39. The maximum Gasteiger partial charge on any atom is 0.311 e. The van der Waals surface area contributed by atoms with Crippen LogP contribution in [0.4, 0.5) is 17.3 Å². The molecule has 0 spiro atoms. The molecule has 2 rings (SSSR count). The zero-order chi connectivity index (χ0) is 13.8. The standard InChI is InChI=1S/C12H18N4O3/c13-11-5-4-10(16(18)19)12(15-11)14-7-8-2-1-3-9(17)6-8/h4-5,8-9,17H,1-3,6-7H2,(H3,13,14,15). The lowest BCUT2D eigenvalue weighted by molar-refractivity contribution is -0.384. The van der Waals surface area contributed by atoms with Crippen LogP contribution in [-0.2, 0) is 0 Å². The molecule has 4 N–H and O–H groups in total. The van der Waals surface area contributed by atoms with Crippen molar-refractivity contribution in [2.24, 2.45) is 5.92 Å². The first-order valence-electron chi connectivity index (χ1n) is 6.39. The summed E-state index contributed by atoms with van der Waals surface area (Å²) in [6, 6.07) is 2.76. The molecule has 1 saturated carbocycles. The molecule has 0 saturated heterocycles. The maximum atomic E-state index is 10.9. The van der Waals surface area contributed by atoms with Crippen molar-refractivity contribution in [1.82, 2.24) is 4.98 Å². The van der Waals surface area contributed by atoms with Crippen LogP contribution in [0.2, 0.25) is 0 Å². The lowest BCUT2D eigenvalue weighted by Crippen LogP contribution is -2.25. The van der Waals surface area contributed by atoms with Crippen LogP contribution in [0.1, 0.15) is 25.7 Å². The Balaban J connectivity index is 2.02. The monoisotopic (exact) mass is 266 g/mol. The molecule has 2 unspecified atom stereocenters. The number of aromatic nitrogens is 1. The molecular formula is C12H18N4O3. The molecule has 1 fully saturated rings. The molecule has 1 aliphatic rings. The van der Waals surface area contributed by atoms with E-state index in [0.29, 0.717) is 12.5 Å². The number of hydrogen-bond acceptors (Lipinski definition) is 6. The average Bonchev–Trinajstić information content (AvgIpc) is 2.36. The number of aliphatic hydroxyl groups is 1. The van der Waals surface area contributed by atoms with E-state index in [1.807, 2.05) is 0 Å². The molecule has 2 atom stereocenters. The number of aliphatic hydroxyl groups excluding tert-OH is 1. The summed E-state index contributed by atoms with van der Waals surface area (Å²) in [4.78, 5) is 14.4. The molecule has 1 heterocycles. The van der Waals surface area contributed by atoms with E-state index in [2.05, 4.69) is 10.3 Å². The van der Waals surface area contributed by atoms with Crippen molar-refractivity contribution in [3.05, 3.63) is 22.2 Å². The van der Waals surface area contributed by atoms with Gasteiger partial charge in [-0.05, 0) is 31.2 Å². The number of nitro groups is 1. The Kier molecular flexibility index (Phi) is 4.16. The molecule has 1 aromatic rings. The third-order valence-corrected chi connectivity index (χ3v) is 3.41. The van der Waals surface area contributed by atoms with Gasteiger partial charge in [0.1, 0.15) is 5.82 Å². The summed E-state index contributed by atoms with van der Waals surface area (Å²) in [5.74, 6) is 0.758. The summed E-state index contributed by atoms with van der Waals surface area (Å²) in [6.45, 7) is 0.564. The molecule has 19 heavy (non-hydrogen) atoms. The van der Waals surface area contributed by atoms with Crippen LogP contribution < -0.4 is 11.1 Å². The van der Waals surface area contributed by atoms with E-state index in [0.717, 1.165) is 25.7 Å². The largest absolute Gasteiger partial charge is 0.393 e. The van der Waals surface area contributed by atoms with Crippen LogP contribution >= 0.6 is 0 Å². The van der Waals surface area contributed by atoms with E-state index in [9.17, 15) is 15.2 Å². The summed E-state index contributed by atoms with van der Waals surface area (Å²) >= 11 is 0.